The van der Waals surface area contributed by atoms with Crippen molar-refractivity contribution < 1.29 is 19.2 Å². The molecule has 2 N–H and O–H groups in total. The topological polar surface area (TPSA) is 95.6 Å². The maximum absolute atomic E-state index is 12.1. The predicted molar refractivity (Wildman–Crippen MR) is 80.6 cm³/mol. The fraction of sp³-hybridized carbons (Fsp3) is 0.375. The van der Waals surface area contributed by atoms with E-state index in [4.69, 9.17) is 0 Å². The van der Waals surface area contributed by atoms with Gasteiger partial charge in [0.2, 0.25) is 11.8 Å². The normalized spacial score (nSPS) is 19.7. The van der Waals surface area contributed by atoms with Crippen molar-refractivity contribution in [2.24, 2.45) is 0 Å². The monoisotopic (exact) mass is 315 g/mol. The van der Waals surface area contributed by atoms with Crippen LogP contribution in [0.2, 0.25) is 0 Å². The third-order valence-electron chi connectivity index (χ3n) is 4.07. The van der Waals surface area contributed by atoms with Crippen LogP contribution in [0, 0.1) is 0 Å². The highest BCUT2D eigenvalue weighted by Crippen LogP contribution is 2.22. The molecule has 2 aliphatic heterocycles. The number of hydrogen-bond donors (Lipinski definition) is 2. The second kappa shape index (κ2) is 6.20. The lowest BCUT2D eigenvalue weighted by Crippen LogP contribution is -2.40. The van der Waals surface area contributed by atoms with E-state index in [2.05, 4.69) is 10.6 Å². The number of fused-ring (bicyclic) bond motifs is 1. The number of imide groups is 1. The van der Waals surface area contributed by atoms with Crippen LogP contribution in [0.1, 0.15) is 40.0 Å². The minimum absolute atomic E-state index is 0.00438. The third-order valence-corrected chi connectivity index (χ3v) is 4.07. The zero-order chi connectivity index (χ0) is 16.4. The van der Waals surface area contributed by atoms with Crippen molar-refractivity contribution >= 4 is 23.6 Å². The Hall–Kier alpha value is -2.70. The summed E-state index contributed by atoms with van der Waals surface area (Å²) < 4.78 is 0. The molecular weight excluding hydrogens is 298 g/mol. The minimum Gasteiger partial charge on any atom is -0.354 e. The van der Waals surface area contributed by atoms with Crippen LogP contribution in [0.25, 0.3) is 0 Å². The molecule has 1 fully saturated rings. The number of carbonyl (C=O) groups is 4. The molecular formula is C16H17N3O4. The number of nitrogens with one attached hydrogen (secondary N) is 2. The van der Waals surface area contributed by atoms with Crippen LogP contribution in [0.4, 0.5) is 0 Å². The molecule has 4 amide bonds. The van der Waals surface area contributed by atoms with E-state index >= 15 is 0 Å². The van der Waals surface area contributed by atoms with Crippen LogP contribution in [0.5, 0.6) is 0 Å². The van der Waals surface area contributed by atoms with Gasteiger partial charge in [-0.1, -0.05) is 12.1 Å². The first-order valence-electron chi connectivity index (χ1n) is 7.57. The van der Waals surface area contributed by atoms with Gasteiger partial charge in [0.25, 0.3) is 11.8 Å². The van der Waals surface area contributed by atoms with Gasteiger partial charge in [-0.3, -0.25) is 24.1 Å². The van der Waals surface area contributed by atoms with Crippen molar-refractivity contribution in [3.8, 4) is 0 Å². The van der Waals surface area contributed by atoms with Gasteiger partial charge in [-0.2, -0.15) is 0 Å². The van der Waals surface area contributed by atoms with Crippen LogP contribution in [0.15, 0.2) is 24.3 Å². The van der Waals surface area contributed by atoms with Crippen molar-refractivity contribution in [3.63, 3.8) is 0 Å². The van der Waals surface area contributed by atoms with Crippen molar-refractivity contribution in [1.29, 1.82) is 0 Å². The van der Waals surface area contributed by atoms with Crippen LogP contribution < -0.4 is 10.6 Å². The molecule has 0 aromatic heterocycles. The second-order valence-corrected chi connectivity index (χ2v) is 5.66. The van der Waals surface area contributed by atoms with E-state index in [1.807, 2.05) is 0 Å². The van der Waals surface area contributed by atoms with Gasteiger partial charge in [-0.25, -0.2) is 0 Å². The summed E-state index contributed by atoms with van der Waals surface area (Å²) >= 11 is 0. The smallest absolute Gasteiger partial charge is 0.261 e. The molecule has 1 saturated heterocycles. The molecule has 2 aliphatic rings. The number of hydrogen-bond acceptors (Lipinski definition) is 4. The molecule has 23 heavy (non-hydrogen) atoms. The minimum atomic E-state index is -0.360. The van der Waals surface area contributed by atoms with Gasteiger partial charge in [0.15, 0.2) is 0 Å². The molecule has 0 spiro atoms. The Morgan fingerprint density at radius 2 is 1.83 bits per heavy atom. The van der Waals surface area contributed by atoms with Gasteiger partial charge in [0, 0.05) is 32.0 Å². The Kier molecular flexibility index (Phi) is 4.10. The molecule has 1 aromatic carbocycles. The Morgan fingerprint density at radius 1 is 1.17 bits per heavy atom. The predicted octanol–water partition coefficient (Wildman–Crippen LogP) is 0.0675. The Labute approximate surface area is 133 Å². The summed E-state index contributed by atoms with van der Waals surface area (Å²) in [6.07, 6.45) is 1.24. The van der Waals surface area contributed by atoms with Crippen LogP contribution >= 0.6 is 0 Å². The lowest BCUT2D eigenvalue weighted by molar-refractivity contribution is -0.122. The number of nitrogens with zero attached hydrogens (tertiary/aromatic N) is 1. The molecule has 0 saturated carbocycles. The van der Waals surface area contributed by atoms with E-state index in [0.717, 1.165) is 4.90 Å². The van der Waals surface area contributed by atoms with Crippen molar-refractivity contribution in [1.82, 2.24) is 15.5 Å². The summed E-state index contributed by atoms with van der Waals surface area (Å²) in [6, 6.07) is 6.59. The van der Waals surface area contributed by atoms with Gasteiger partial charge in [-0.15, -0.1) is 0 Å². The Bertz CT molecular complexity index is 651. The molecule has 7 nitrogen and oxygen atoms in total. The Morgan fingerprint density at radius 3 is 2.39 bits per heavy atom. The first-order chi connectivity index (χ1) is 11.1. The molecule has 1 aromatic rings. The highest BCUT2D eigenvalue weighted by molar-refractivity contribution is 6.21. The lowest BCUT2D eigenvalue weighted by Gasteiger charge is -2.15. The highest BCUT2D eigenvalue weighted by Gasteiger charge is 2.35. The maximum Gasteiger partial charge on any atom is 0.261 e. The molecule has 0 aliphatic carbocycles. The van der Waals surface area contributed by atoms with E-state index in [1.165, 1.54) is 0 Å². The van der Waals surface area contributed by atoms with E-state index < -0.39 is 0 Å². The number of amides is 4. The van der Waals surface area contributed by atoms with E-state index in [0.29, 0.717) is 30.5 Å². The molecule has 0 bridgehead atoms. The van der Waals surface area contributed by atoms with E-state index in [9.17, 15) is 19.2 Å². The first kappa shape index (κ1) is 15.2. The molecule has 2 heterocycles. The SMILES string of the molecule is O=C(CCN1C(=O)c2ccccc2C1=O)NCC1CCC(=O)N1. The van der Waals surface area contributed by atoms with E-state index in [-0.39, 0.29) is 42.6 Å². The largest absolute Gasteiger partial charge is 0.354 e. The van der Waals surface area contributed by atoms with Gasteiger partial charge in [-0.05, 0) is 18.6 Å². The number of carbonyl (C=O) groups excluding carboxylic acids is 4. The molecule has 1 unspecified atom stereocenters. The fourth-order valence-electron chi connectivity index (χ4n) is 2.81. The van der Waals surface area contributed by atoms with Crippen molar-refractivity contribution in [2.45, 2.75) is 25.3 Å². The van der Waals surface area contributed by atoms with Crippen molar-refractivity contribution in [3.05, 3.63) is 35.4 Å². The fourth-order valence-corrected chi connectivity index (χ4v) is 2.81. The maximum atomic E-state index is 12.1. The quantitative estimate of drug-likeness (QED) is 0.752. The van der Waals surface area contributed by atoms with Gasteiger partial charge in [0.1, 0.15) is 0 Å². The number of benzene rings is 1. The van der Waals surface area contributed by atoms with Crippen LogP contribution in [-0.2, 0) is 9.59 Å². The zero-order valence-electron chi connectivity index (χ0n) is 12.5. The number of rotatable bonds is 5. The average molecular weight is 315 g/mol. The molecule has 7 heteroatoms. The van der Waals surface area contributed by atoms with Gasteiger partial charge in [0.05, 0.1) is 11.1 Å². The summed E-state index contributed by atoms with van der Waals surface area (Å²) in [4.78, 5) is 48.3. The van der Waals surface area contributed by atoms with Crippen LogP contribution in [-0.4, -0.2) is 47.7 Å². The molecule has 120 valence electrons. The average Bonchev–Trinajstić information content (AvgIpc) is 3.07. The summed E-state index contributed by atoms with van der Waals surface area (Å²) in [5, 5.41) is 5.48. The lowest BCUT2D eigenvalue weighted by atomic mass is 10.1. The standard InChI is InChI=1S/C16H17N3O4/c20-13(17-9-10-5-6-14(21)18-10)7-8-19-15(22)11-3-1-2-4-12(11)16(19)23/h1-4,10H,5-9H2,(H,17,20)(H,18,21). The van der Waals surface area contributed by atoms with E-state index in [1.54, 1.807) is 24.3 Å². The zero-order valence-corrected chi connectivity index (χ0v) is 12.5. The highest BCUT2D eigenvalue weighted by atomic mass is 16.2. The summed E-state index contributed by atoms with van der Waals surface area (Å²) in [5.41, 5.74) is 0.762. The third kappa shape index (κ3) is 3.08. The summed E-state index contributed by atoms with van der Waals surface area (Å²) in [7, 11) is 0. The van der Waals surface area contributed by atoms with Gasteiger partial charge < -0.3 is 10.6 Å². The Balaban J connectivity index is 1.49. The summed E-state index contributed by atoms with van der Waals surface area (Å²) in [6.45, 7) is 0.419. The second-order valence-electron chi connectivity index (χ2n) is 5.66. The van der Waals surface area contributed by atoms with Gasteiger partial charge >= 0.3 is 0 Å². The molecule has 1 atom stereocenters. The summed E-state index contributed by atoms with van der Waals surface area (Å²) in [5.74, 6) is -0.971. The first-order valence-corrected chi connectivity index (χ1v) is 7.57. The van der Waals surface area contributed by atoms with Crippen LogP contribution in [0.3, 0.4) is 0 Å². The van der Waals surface area contributed by atoms with Crippen molar-refractivity contribution in [2.75, 3.05) is 13.1 Å². The molecule has 3 rings (SSSR count). The molecule has 0 radical (unpaired) electrons.